The average molecular weight is 544 g/mol. The van der Waals surface area contributed by atoms with Crippen LogP contribution in [-0.4, -0.2) is 28.1 Å². The number of H-pyrrole nitrogens is 1. The Morgan fingerprint density at radius 3 is 2.55 bits per heavy atom. The molecular formula is C33H41N3O4. The molecule has 1 aromatic carbocycles. The summed E-state index contributed by atoms with van der Waals surface area (Å²) in [6.45, 7) is 14.2. The predicted octanol–water partition coefficient (Wildman–Crippen LogP) is 6.05. The molecule has 1 amide bonds. The molecule has 0 aliphatic rings. The number of aliphatic hydroxyl groups excluding tert-OH is 1. The molecule has 0 fully saturated rings. The van der Waals surface area contributed by atoms with Crippen molar-refractivity contribution < 1.29 is 14.6 Å². The lowest BCUT2D eigenvalue weighted by Crippen LogP contribution is -2.29. The monoisotopic (exact) mass is 543 g/mol. The summed E-state index contributed by atoms with van der Waals surface area (Å²) in [5.74, 6) is 0.0852. The number of pyridine rings is 2. The maximum Gasteiger partial charge on any atom is 0.253 e. The number of aromatic amines is 1. The number of methoxy groups -OCH3 is 1. The molecule has 2 aromatic heterocycles. The van der Waals surface area contributed by atoms with Crippen LogP contribution in [0.4, 0.5) is 0 Å². The number of hydrogen-bond donors (Lipinski definition) is 3. The summed E-state index contributed by atoms with van der Waals surface area (Å²) >= 11 is 0. The Morgan fingerprint density at radius 2 is 1.95 bits per heavy atom. The zero-order chi connectivity index (χ0) is 29.4. The van der Waals surface area contributed by atoms with E-state index < -0.39 is 6.29 Å². The first-order valence-corrected chi connectivity index (χ1v) is 13.7. The molecule has 3 N–H and O–H groups in total. The standard InChI is InChI=1S/C33H41N3O4/c1-8-10-21(5)30-26(14-20(3)4)16-25(24-12-13-29(34-18-24)33(39)40-7)17-27(30)31(37)35-19-28-23(11-9-2)15-22(6)36-32(28)38/h8,10,12-13,15-18,20,33,39H,1,9,11,14,19H2,2-7H3,(H,35,37)(H,36,38). The Hall–Kier alpha value is -3.81. The molecule has 0 aliphatic heterocycles. The van der Waals surface area contributed by atoms with Gasteiger partial charge < -0.3 is 20.1 Å². The SMILES string of the molecule is C=CC=C(C)c1c(CC(C)C)cc(-c2ccc(C(O)OC)nc2)cc1C(=O)NCc1c(CCC)cc(C)[nH]c1=O. The Morgan fingerprint density at radius 1 is 1.20 bits per heavy atom. The van der Waals surface area contributed by atoms with E-state index in [-0.39, 0.29) is 18.0 Å². The smallest absolute Gasteiger partial charge is 0.253 e. The maximum absolute atomic E-state index is 13.9. The fourth-order valence-corrected chi connectivity index (χ4v) is 4.95. The van der Waals surface area contributed by atoms with Crippen LogP contribution in [0.1, 0.15) is 84.4 Å². The van der Waals surface area contributed by atoms with Crippen molar-refractivity contribution in [2.45, 2.75) is 66.7 Å². The quantitative estimate of drug-likeness (QED) is 0.190. The second-order valence-electron chi connectivity index (χ2n) is 10.5. The molecule has 0 spiro atoms. The van der Waals surface area contributed by atoms with Crippen LogP contribution in [-0.2, 0) is 24.1 Å². The number of ether oxygens (including phenoxy) is 1. The molecule has 40 heavy (non-hydrogen) atoms. The summed E-state index contributed by atoms with van der Waals surface area (Å²) in [5, 5.41) is 13.0. The van der Waals surface area contributed by atoms with Gasteiger partial charge in [-0.3, -0.25) is 14.6 Å². The van der Waals surface area contributed by atoms with E-state index in [1.165, 1.54) is 7.11 Å². The molecule has 0 radical (unpaired) electrons. The summed E-state index contributed by atoms with van der Waals surface area (Å²) in [5.41, 5.74) is 7.55. The maximum atomic E-state index is 13.9. The topological polar surface area (TPSA) is 104 Å². The van der Waals surface area contributed by atoms with Crippen LogP contribution in [0.5, 0.6) is 0 Å². The average Bonchev–Trinajstić information content (AvgIpc) is 2.91. The van der Waals surface area contributed by atoms with Gasteiger partial charge in [0.05, 0.1) is 5.69 Å². The first-order chi connectivity index (χ1) is 19.1. The van der Waals surface area contributed by atoms with Crippen LogP contribution in [0.2, 0.25) is 0 Å². The largest absolute Gasteiger partial charge is 0.363 e. The van der Waals surface area contributed by atoms with Crippen molar-refractivity contribution in [3.05, 3.63) is 105 Å². The number of carbonyl (C=O) groups excluding carboxylic acids is 1. The number of nitrogens with one attached hydrogen (secondary N) is 2. The molecule has 1 atom stereocenters. The number of aliphatic hydroxyl groups is 1. The summed E-state index contributed by atoms with van der Waals surface area (Å²) < 4.78 is 4.96. The normalized spacial score (nSPS) is 12.4. The van der Waals surface area contributed by atoms with E-state index in [0.717, 1.165) is 58.3 Å². The van der Waals surface area contributed by atoms with Crippen LogP contribution in [0, 0.1) is 12.8 Å². The van der Waals surface area contributed by atoms with Crippen molar-refractivity contribution in [2.24, 2.45) is 5.92 Å². The van der Waals surface area contributed by atoms with E-state index in [1.54, 1.807) is 18.3 Å². The van der Waals surface area contributed by atoms with Gasteiger partial charge in [-0.2, -0.15) is 0 Å². The van der Waals surface area contributed by atoms with Gasteiger partial charge in [0.25, 0.3) is 11.5 Å². The minimum Gasteiger partial charge on any atom is -0.363 e. The van der Waals surface area contributed by atoms with Gasteiger partial charge >= 0.3 is 0 Å². The lowest BCUT2D eigenvalue weighted by Gasteiger charge is -2.20. The number of amides is 1. The molecule has 2 heterocycles. The lowest BCUT2D eigenvalue weighted by atomic mass is 9.86. The van der Waals surface area contributed by atoms with Crippen molar-refractivity contribution >= 4 is 11.5 Å². The third kappa shape index (κ3) is 7.43. The first-order valence-electron chi connectivity index (χ1n) is 13.7. The van der Waals surface area contributed by atoms with Gasteiger partial charge in [0.1, 0.15) is 0 Å². The second kappa shape index (κ2) is 14.0. The highest BCUT2D eigenvalue weighted by Gasteiger charge is 2.21. The second-order valence-corrected chi connectivity index (χ2v) is 10.5. The number of aromatic nitrogens is 2. The van der Waals surface area contributed by atoms with Crippen molar-refractivity contribution in [1.82, 2.24) is 15.3 Å². The molecular weight excluding hydrogens is 502 g/mol. The molecule has 7 heteroatoms. The van der Waals surface area contributed by atoms with Gasteiger partial charge in [-0.25, -0.2) is 0 Å². The van der Waals surface area contributed by atoms with Crippen molar-refractivity contribution in [2.75, 3.05) is 7.11 Å². The van der Waals surface area contributed by atoms with Crippen LogP contribution in [0.3, 0.4) is 0 Å². The van der Waals surface area contributed by atoms with Gasteiger partial charge in [-0.05, 0) is 78.6 Å². The number of rotatable bonds is 12. The van der Waals surface area contributed by atoms with E-state index in [4.69, 9.17) is 4.74 Å². The van der Waals surface area contributed by atoms with E-state index in [1.807, 2.05) is 38.1 Å². The Labute approximate surface area is 237 Å². The van der Waals surface area contributed by atoms with Crippen LogP contribution < -0.4 is 10.9 Å². The van der Waals surface area contributed by atoms with E-state index in [2.05, 4.69) is 48.7 Å². The van der Waals surface area contributed by atoms with Gasteiger partial charge in [-0.15, -0.1) is 0 Å². The number of hydrogen-bond acceptors (Lipinski definition) is 5. The number of benzene rings is 1. The summed E-state index contributed by atoms with van der Waals surface area (Å²) in [6.07, 6.45) is 6.61. The molecule has 7 nitrogen and oxygen atoms in total. The molecule has 1 unspecified atom stereocenters. The van der Waals surface area contributed by atoms with Gasteiger partial charge in [0.15, 0.2) is 6.29 Å². The van der Waals surface area contributed by atoms with E-state index >= 15 is 0 Å². The predicted molar refractivity (Wildman–Crippen MR) is 161 cm³/mol. The zero-order valence-corrected chi connectivity index (χ0v) is 24.4. The highest BCUT2D eigenvalue weighted by atomic mass is 16.6. The van der Waals surface area contributed by atoms with E-state index in [9.17, 15) is 14.7 Å². The number of aryl methyl sites for hydroxylation is 2. The van der Waals surface area contributed by atoms with Crippen LogP contribution >= 0.6 is 0 Å². The third-order valence-electron chi connectivity index (χ3n) is 6.76. The Balaban J connectivity index is 2.12. The molecule has 0 bridgehead atoms. The van der Waals surface area contributed by atoms with Crippen molar-refractivity contribution in [3.8, 4) is 11.1 Å². The number of carbonyl (C=O) groups is 1. The molecule has 0 aliphatic carbocycles. The zero-order valence-electron chi connectivity index (χ0n) is 24.4. The number of nitrogens with zero attached hydrogens (tertiary/aromatic N) is 1. The molecule has 3 aromatic rings. The summed E-state index contributed by atoms with van der Waals surface area (Å²) in [4.78, 5) is 33.9. The third-order valence-corrected chi connectivity index (χ3v) is 6.76. The van der Waals surface area contributed by atoms with Crippen LogP contribution in [0.15, 0.2) is 60.1 Å². The number of allylic oxidation sites excluding steroid dienone is 3. The first kappa shape index (κ1) is 30.7. The fourth-order valence-electron chi connectivity index (χ4n) is 4.95. The fraction of sp³-hybridized carbons (Fsp3) is 0.364. The molecule has 3 rings (SSSR count). The molecule has 212 valence electrons. The summed E-state index contributed by atoms with van der Waals surface area (Å²) in [7, 11) is 1.41. The van der Waals surface area contributed by atoms with Gasteiger partial charge in [0.2, 0.25) is 0 Å². The van der Waals surface area contributed by atoms with Gasteiger partial charge in [0, 0.05) is 42.2 Å². The van der Waals surface area contributed by atoms with Gasteiger partial charge in [-0.1, -0.05) is 58.1 Å². The Kier molecular flexibility index (Phi) is 10.8. The van der Waals surface area contributed by atoms with Crippen molar-refractivity contribution in [1.29, 1.82) is 0 Å². The minimum absolute atomic E-state index is 0.127. The Bertz CT molecular complexity index is 1440. The highest BCUT2D eigenvalue weighted by Crippen LogP contribution is 2.32. The lowest BCUT2D eigenvalue weighted by molar-refractivity contribution is -0.0798. The summed E-state index contributed by atoms with van der Waals surface area (Å²) in [6, 6.07) is 9.51. The van der Waals surface area contributed by atoms with Crippen LogP contribution in [0.25, 0.3) is 16.7 Å². The highest BCUT2D eigenvalue weighted by molar-refractivity contribution is 6.01. The molecule has 0 saturated heterocycles. The van der Waals surface area contributed by atoms with E-state index in [0.29, 0.717) is 22.7 Å². The minimum atomic E-state index is -1.11. The molecule has 0 saturated carbocycles. The van der Waals surface area contributed by atoms with Crippen molar-refractivity contribution in [3.63, 3.8) is 0 Å².